The number of nitrogens with zero attached hydrogens (tertiary/aromatic N) is 2. The first kappa shape index (κ1) is 18.9. The molecule has 0 spiro atoms. The minimum Gasteiger partial charge on any atom is -0.334 e. The average Bonchev–Trinajstić information content (AvgIpc) is 3.16. The first-order chi connectivity index (χ1) is 12.6. The summed E-state index contributed by atoms with van der Waals surface area (Å²) in [6, 6.07) is 10.6. The van der Waals surface area contributed by atoms with Crippen molar-refractivity contribution in [2.45, 2.75) is 39.4 Å². The van der Waals surface area contributed by atoms with Crippen LogP contribution in [-0.2, 0) is 19.6 Å². The molecular weight excluding hydrogens is 342 g/mol. The quantitative estimate of drug-likeness (QED) is 0.821. The number of carbonyl (C=O) groups excluding carboxylic acids is 1. The third-order valence-corrected chi connectivity index (χ3v) is 5.83. The van der Waals surface area contributed by atoms with Crippen molar-refractivity contribution in [3.8, 4) is 0 Å². The topological polar surface area (TPSA) is 35.6 Å². The third-order valence-electron chi connectivity index (χ3n) is 5.10. The van der Waals surface area contributed by atoms with Gasteiger partial charge < -0.3 is 10.2 Å². The predicted octanol–water partition coefficient (Wildman–Crippen LogP) is 4.32. The zero-order valence-corrected chi connectivity index (χ0v) is 16.6. The van der Waals surface area contributed by atoms with Gasteiger partial charge in [0.2, 0.25) is 0 Å². The van der Waals surface area contributed by atoms with Gasteiger partial charge in [0, 0.05) is 26.7 Å². The van der Waals surface area contributed by atoms with Crippen LogP contribution in [0.25, 0.3) is 0 Å². The Labute approximate surface area is 160 Å². The van der Waals surface area contributed by atoms with Gasteiger partial charge in [-0.05, 0) is 65.4 Å². The van der Waals surface area contributed by atoms with Crippen LogP contribution >= 0.6 is 11.3 Å². The van der Waals surface area contributed by atoms with Crippen molar-refractivity contribution in [2.24, 2.45) is 5.92 Å². The highest BCUT2D eigenvalue weighted by atomic mass is 32.1. The largest absolute Gasteiger partial charge is 0.334 e. The maximum Gasteiger partial charge on any atom is 0.317 e. The first-order valence-corrected chi connectivity index (χ1v) is 10.3. The number of amides is 2. The molecule has 5 heteroatoms. The Morgan fingerprint density at radius 1 is 1.15 bits per heavy atom. The van der Waals surface area contributed by atoms with Gasteiger partial charge >= 0.3 is 6.03 Å². The van der Waals surface area contributed by atoms with Crippen LogP contribution in [0.2, 0.25) is 0 Å². The number of nitrogens with one attached hydrogen (secondary N) is 1. The second kappa shape index (κ2) is 9.19. The van der Waals surface area contributed by atoms with Crippen molar-refractivity contribution in [2.75, 3.05) is 20.1 Å². The maximum absolute atomic E-state index is 12.2. The predicted molar refractivity (Wildman–Crippen MR) is 108 cm³/mol. The van der Waals surface area contributed by atoms with Gasteiger partial charge in [0.15, 0.2) is 0 Å². The van der Waals surface area contributed by atoms with E-state index in [-0.39, 0.29) is 6.03 Å². The van der Waals surface area contributed by atoms with E-state index in [2.05, 4.69) is 52.9 Å². The summed E-state index contributed by atoms with van der Waals surface area (Å²) >= 11 is 1.66. The van der Waals surface area contributed by atoms with Gasteiger partial charge in [0.25, 0.3) is 0 Å². The first-order valence-electron chi connectivity index (χ1n) is 9.40. The van der Waals surface area contributed by atoms with Crippen molar-refractivity contribution < 1.29 is 4.79 Å². The van der Waals surface area contributed by atoms with Gasteiger partial charge in [-0.2, -0.15) is 11.3 Å². The molecule has 26 heavy (non-hydrogen) atoms. The van der Waals surface area contributed by atoms with Crippen molar-refractivity contribution in [3.05, 3.63) is 57.8 Å². The molecule has 0 atom stereocenters. The van der Waals surface area contributed by atoms with Crippen LogP contribution < -0.4 is 5.32 Å². The fourth-order valence-corrected chi connectivity index (χ4v) is 3.94. The highest BCUT2D eigenvalue weighted by Gasteiger charge is 2.15. The smallest absolute Gasteiger partial charge is 0.317 e. The number of thiophene rings is 1. The van der Waals surface area contributed by atoms with E-state index in [9.17, 15) is 4.79 Å². The van der Waals surface area contributed by atoms with Crippen LogP contribution in [0.4, 0.5) is 4.79 Å². The molecule has 1 aromatic carbocycles. The van der Waals surface area contributed by atoms with E-state index >= 15 is 0 Å². The lowest BCUT2D eigenvalue weighted by molar-refractivity contribution is 0.185. The molecule has 0 radical (unpaired) electrons. The fraction of sp³-hybridized carbons (Fsp3) is 0.476. The number of rotatable bonds is 6. The standard InChI is InChI=1S/C21H29N3OS/c1-17-7-10-24(11-8-17)15-19-5-3-18(4-6-19)13-22-21(25)23(2)14-20-9-12-26-16-20/h3-6,9,12,16-17H,7-8,10-11,13-15H2,1-2H3,(H,22,25). The molecule has 0 unspecified atom stereocenters. The van der Waals surface area contributed by atoms with Crippen molar-refractivity contribution in [1.82, 2.24) is 15.1 Å². The molecule has 1 aromatic heterocycles. The highest BCUT2D eigenvalue weighted by Crippen LogP contribution is 2.18. The molecule has 2 heterocycles. The summed E-state index contributed by atoms with van der Waals surface area (Å²) in [5.74, 6) is 0.870. The zero-order chi connectivity index (χ0) is 18.4. The number of hydrogen-bond acceptors (Lipinski definition) is 3. The zero-order valence-electron chi connectivity index (χ0n) is 15.8. The number of piperidine rings is 1. The average molecular weight is 372 g/mol. The van der Waals surface area contributed by atoms with Crippen LogP contribution in [0, 0.1) is 5.92 Å². The van der Waals surface area contributed by atoms with Gasteiger partial charge in [0.05, 0.1) is 0 Å². The van der Waals surface area contributed by atoms with E-state index in [0.29, 0.717) is 13.1 Å². The monoisotopic (exact) mass is 371 g/mol. The van der Waals surface area contributed by atoms with E-state index in [1.807, 2.05) is 12.4 Å². The molecule has 1 N–H and O–H groups in total. The van der Waals surface area contributed by atoms with Crippen LogP contribution in [0.3, 0.4) is 0 Å². The summed E-state index contributed by atoms with van der Waals surface area (Å²) in [6.45, 7) is 6.99. The number of hydrogen-bond donors (Lipinski definition) is 1. The summed E-state index contributed by atoms with van der Waals surface area (Å²) in [5.41, 5.74) is 3.66. The molecule has 0 saturated carbocycles. The Hall–Kier alpha value is -1.85. The third kappa shape index (κ3) is 5.58. The van der Waals surface area contributed by atoms with Crippen LogP contribution in [0.5, 0.6) is 0 Å². The summed E-state index contributed by atoms with van der Waals surface area (Å²) < 4.78 is 0. The highest BCUT2D eigenvalue weighted by molar-refractivity contribution is 7.07. The Balaban J connectivity index is 1.43. The second-order valence-electron chi connectivity index (χ2n) is 7.42. The van der Waals surface area contributed by atoms with E-state index in [1.54, 1.807) is 16.2 Å². The summed E-state index contributed by atoms with van der Waals surface area (Å²) in [7, 11) is 1.83. The normalized spacial score (nSPS) is 15.8. The number of likely N-dealkylation sites (tertiary alicyclic amines) is 1. The van der Waals surface area contributed by atoms with Crippen molar-refractivity contribution in [3.63, 3.8) is 0 Å². The van der Waals surface area contributed by atoms with E-state index in [4.69, 9.17) is 0 Å². The molecular formula is C21H29N3OS. The SMILES string of the molecule is CC1CCN(Cc2ccc(CNC(=O)N(C)Cc3ccsc3)cc2)CC1. The van der Waals surface area contributed by atoms with Gasteiger partial charge in [-0.25, -0.2) is 4.79 Å². The van der Waals surface area contributed by atoms with Gasteiger partial charge in [-0.1, -0.05) is 31.2 Å². The Morgan fingerprint density at radius 3 is 2.50 bits per heavy atom. The molecule has 2 aromatic rings. The van der Waals surface area contributed by atoms with E-state index in [0.717, 1.165) is 18.0 Å². The van der Waals surface area contributed by atoms with E-state index < -0.39 is 0 Å². The molecule has 4 nitrogen and oxygen atoms in total. The molecule has 0 aliphatic carbocycles. The minimum atomic E-state index is -0.0392. The maximum atomic E-state index is 12.2. The Morgan fingerprint density at radius 2 is 1.85 bits per heavy atom. The lowest BCUT2D eigenvalue weighted by Gasteiger charge is -2.30. The van der Waals surface area contributed by atoms with Crippen LogP contribution in [0.15, 0.2) is 41.1 Å². The van der Waals surface area contributed by atoms with Gasteiger partial charge in [-0.15, -0.1) is 0 Å². The number of urea groups is 1. The number of benzene rings is 1. The van der Waals surface area contributed by atoms with E-state index in [1.165, 1.54) is 37.1 Å². The minimum absolute atomic E-state index is 0.0392. The molecule has 2 amide bonds. The summed E-state index contributed by atoms with van der Waals surface area (Å²) in [5, 5.41) is 7.11. The van der Waals surface area contributed by atoms with Crippen molar-refractivity contribution >= 4 is 17.4 Å². The van der Waals surface area contributed by atoms with Gasteiger partial charge in [0.1, 0.15) is 0 Å². The Kier molecular flexibility index (Phi) is 6.69. The van der Waals surface area contributed by atoms with Crippen LogP contribution in [-0.4, -0.2) is 36.0 Å². The number of carbonyl (C=O) groups is 1. The molecule has 1 fully saturated rings. The fourth-order valence-electron chi connectivity index (χ4n) is 3.28. The van der Waals surface area contributed by atoms with Gasteiger partial charge in [-0.3, -0.25) is 4.90 Å². The lowest BCUT2D eigenvalue weighted by atomic mass is 9.99. The second-order valence-corrected chi connectivity index (χ2v) is 8.20. The summed E-state index contributed by atoms with van der Waals surface area (Å²) in [6.07, 6.45) is 2.62. The molecule has 1 saturated heterocycles. The summed E-state index contributed by atoms with van der Waals surface area (Å²) in [4.78, 5) is 16.5. The molecule has 1 aliphatic rings. The lowest BCUT2D eigenvalue weighted by Crippen LogP contribution is -2.36. The Bertz CT molecular complexity index is 676. The molecule has 0 bridgehead atoms. The molecule has 1 aliphatic heterocycles. The molecule has 3 rings (SSSR count). The van der Waals surface area contributed by atoms with Crippen LogP contribution in [0.1, 0.15) is 36.5 Å². The molecule has 140 valence electrons. The van der Waals surface area contributed by atoms with Crippen molar-refractivity contribution in [1.29, 1.82) is 0 Å².